The maximum atomic E-state index is 12.7. The predicted molar refractivity (Wildman–Crippen MR) is 105 cm³/mol. The van der Waals surface area contributed by atoms with Crippen molar-refractivity contribution in [1.29, 1.82) is 0 Å². The van der Waals surface area contributed by atoms with Gasteiger partial charge in [0, 0.05) is 6.04 Å². The Kier molecular flexibility index (Phi) is 5.14. The van der Waals surface area contributed by atoms with E-state index in [9.17, 15) is 4.79 Å². The highest BCUT2D eigenvalue weighted by Crippen LogP contribution is 2.39. The van der Waals surface area contributed by atoms with Crippen LogP contribution in [0.2, 0.25) is 0 Å². The number of carbonyl (C=O) groups excluding carboxylic acids is 1. The lowest BCUT2D eigenvalue weighted by molar-refractivity contribution is 0.0832. The summed E-state index contributed by atoms with van der Waals surface area (Å²) < 4.78 is 11.2. The van der Waals surface area contributed by atoms with Gasteiger partial charge in [-0.2, -0.15) is 0 Å². The largest absolute Gasteiger partial charge is 0.494 e. The highest BCUT2D eigenvalue weighted by molar-refractivity contribution is 5.75. The smallest absolute Gasteiger partial charge is 0.410 e. The molecule has 27 heavy (non-hydrogen) atoms. The maximum absolute atomic E-state index is 12.7. The third-order valence-corrected chi connectivity index (χ3v) is 5.33. The lowest BCUT2D eigenvalue weighted by Gasteiger charge is -2.33. The molecule has 2 unspecified atom stereocenters. The molecule has 2 aliphatic heterocycles. The van der Waals surface area contributed by atoms with E-state index in [-0.39, 0.29) is 18.2 Å². The fourth-order valence-corrected chi connectivity index (χ4v) is 4.07. The third-order valence-electron chi connectivity index (χ3n) is 5.33. The molecule has 1 amide bonds. The van der Waals surface area contributed by atoms with Crippen LogP contribution >= 0.6 is 0 Å². The molecule has 140 valence electrons. The minimum atomic E-state index is -0.204. The molecule has 2 atom stereocenters. The summed E-state index contributed by atoms with van der Waals surface area (Å²) >= 11 is 0. The molecule has 4 heteroatoms. The van der Waals surface area contributed by atoms with Crippen LogP contribution in [0.1, 0.15) is 37.3 Å². The molecule has 1 fully saturated rings. The second kappa shape index (κ2) is 7.87. The number of ether oxygens (including phenoxy) is 2. The van der Waals surface area contributed by atoms with Crippen LogP contribution in [-0.2, 0) is 11.3 Å². The van der Waals surface area contributed by atoms with Gasteiger partial charge in [0.05, 0.1) is 12.6 Å². The summed E-state index contributed by atoms with van der Waals surface area (Å²) in [5.41, 5.74) is 3.51. The first-order valence-electron chi connectivity index (χ1n) is 9.67. The van der Waals surface area contributed by atoms with Crippen molar-refractivity contribution in [3.05, 3.63) is 71.8 Å². The molecule has 0 radical (unpaired) electrons. The average Bonchev–Trinajstić information content (AvgIpc) is 2.97. The molecular formula is C23H25NO3. The molecule has 2 bridgehead atoms. The molecular weight excluding hydrogens is 338 g/mol. The monoisotopic (exact) mass is 363 g/mol. The molecule has 4 nitrogen and oxygen atoms in total. The van der Waals surface area contributed by atoms with Crippen molar-refractivity contribution in [2.45, 2.75) is 44.9 Å². The van der Waals surface area contributed by atoms with Gasteiger partial charge in [0.1, 0.15) is 12.4 Å². The lowest BCUT2D eigenvalue weighted by Crippen LogP contribution is -2.43. The van der Waals surface area contributed by atoms with Gasteiger partial charge in [-0.3, -0.25) is 4.90 Å². The normalized spacial score (nSPS) is 20.9. The van der Waals surface area contributed by atoms with Gasteiger partial charge in [0.2, 0.25) is 0 Å². The first-order valence-corrected chi connectivity index (χ1v) is 9.67. The van der Waals surface area contributed by atoms with E-state index < -0.39 is 0 Å². The second-order valence-electron chi connectivity index (χ2n) is 7.10. The predicted octanol–water partition coefficient (Wildman–Crippen LogP) is 5.04. The van der Waals surface area contributed by atoms with Gasteiger partial charge < -0.3 is 9.47 Å². The quantitative estimate of drug-likeness (QED) is 0.747. The Hall–Kier alpha value is -2.75. The zero-order valence-electron chi connectivity index (χ0n) is 15.6. The fourth-order valence-electron chi connectivity index (χ4n) is 4.07. The van der Waals surface area contributed by atoms with Crippen LogP contribution in [0.15, 0.2) is 60.7 Å². The Morgan fingerprint density at radius 1 is 1.11 bits per heavy atom. The molecule has 0 aliphatic carbocycles. The Morgan fingerprint density at radius 3 is 2.74 bits per heavy atom. The molecule has 0 spiro atoms. The third kappa shape index (κ3) is 3.85. The molecule has 2 aromatic carbocycles. The SMILES string of the molecule is CCOc1cccc(C2=CC3CCC(C2)N3C(=O)OCc2ccccc2)c1. The number of hydrogen-bond donors (Lipinski definition) is 0. The van der Waals surface area contributed by atoms with Crippen molar-refractivity contribution in [1.82, 2.24) is 4.90 Å². The number of hydrogen-bond acceptors (Lipinski definition) is 3. The highest BCUT2D eigenvalue weighted by atomic mass is 16.6. The van der Waals surface area contributed by atoms with Gasteiger partial charge >= 0.3 is 6.09 Å². The number of nitrogens with zero attached hydrogens (tertiary/aromatic N) is 1. The van der Waals surface area contributed by atoms with E-state index in [0.29, 0.717) is 13.2 Å². The van der Waals surface area contributed by atoms with Gasteiger partial charge in [-0.05, 0) is 55.0 Å². The van der Waals surface area contributed by atoms with E-state index in [4.69, 9.17) is 9.47 Å². The number of carbonyl (C=O) groups is 1. The molecule has 2 aliphatic rings. The standard InChI is InChI=1S/C23H25NO3/c1-2-26-22-10-6-9-18(15-22)19-13-20-11-12-21(14-19)24(20)23(25)27-16-17-7-4-3-5-8-17/h3-10,13,15,20-21H,2,11-12,14,16H2,1H3. The summed E-state index contributed by atoms with van der Waals surface area (Å²) in [5.74, 6) is 0.896. The first-order chi connectivity index (χ1) is 13.2. The Balaban J connectivity index is 1.46. The summed E-state index contributed by atoms with van der Waals surface area (Å²) in [4.78, 5) is 14.6. The van der Waals surface area contributed by atoms with Crippen molar-refractivity contribution >= 4 is 11.7 Å². The molecule has 1 saturated heterocycles. The molecule has 2 heterocycles. The first kappa shape index (κ1) is 17.7. The van der Waals surface area contributed by atoms with E-state index in [1.165, 1.54) is 11.1 Å². The summed E-state index contributed by atoms with van der Waals surface area (Å²) in [5, 5.41) is 0. The zero-order valence-corrected chi connectivity index (χ0v) is 15.6. The van der Waals surface area contributed by atoms with Crippen LogP contribution in [0.3, 0.4) is 0 Å². The van der Waals surface area contributed by atoms with Crippen LogP contribution < -0.4 is 4.74 Å². The summed E-state index contributed by atoms with van der Waals surface area (Å²) in [6.07, 6.45) is 4.92. The van der Waals surface area contributed by atoms with Crippen LogP contribution in [-0.4, -0.2) is 29.7 Å². The Labute approximate surface area is 160 Å². The number of benzene rings is 2. The maximum Gasteiger partial charge on any atom is 0.410 e. The van der Waals surface area contributed by atoms with Gasteiger partial charge in [-0.15, -0.1) is 0 Å². The molecule has 0 N–H and O–H groups in total. The van der Waals surface area contributed by atoms with Crippen molar-refractivity contribution in [3.63, 3.8) is 0 Å². The highest BCUT2D eigenvalue weighted by Gasteiger charge is 2.40. The fraction of sp³-hybridized carbons (Fsp3) is 0.348. The lowest BCUT2D eigenvalue weighted by atomic mass is 9.95. The van der Waals surface area contributed by atoms with E-state index >= 15 is 0 Å². The van der Waals surface area contributed by atoms with Crippen LogP contribution in [0.25, 0.3) is 5.57 Å². The number of fused-ring (bicyclic) bond motifs is 2. The van der Waals surface area contributed by atoms with Crippen LogP contribution in [0.5, 0.6) is 5.75 Å². The Morgan fingerprint density at radius 2 is 1.96 bits per heavy atom. The molecule has 0 aromatic heterocycles. The van der Waals surface area contributed by atoms with Crippen LogP contribution in [0.4, 0.5) is 4.79 Å². The van der Waals surface area contributed by atoms with E-state index in [1.807, 2.05) is 54.3 Å². The van der Waals surface area contributed by atoms with Gasteiger partial charge in [-0.1, -0.05) is 48.5 Å². The minimum Gasteiger partial charge on any atom is -0.494 e. The van der Waals surface area contributed by atoms with Gasteiger partial charge in [0.15, 0.2) is 0 Å². The van der Waals surface area contributed by atoms with E-state index in [1.54, 1.807) is 0 Å². The van der Waals surface area contributed by atoms with Crippen molar-refractivity contribution in [3.8, 4) is 5.75 Å². The minimum absolute atomic E-state index is 0.123. The van der Waals surface area contributed by atoms with E-state index in [0.717, 1.165) is 30.6 Å². The summed E-state index contributed by atoms with van der Waals surface area (Å²) in [6.45, 7) is 2.98. The average molecular weight is 363 g/mol. The zero-order chi connectivity index (χ0) is 18.6. The summed E-state index contributed by atoms with van der Waals surface area (Å²) in [7, 11) is 0. The van der Waals surface area contributed by atoms with Crippen molar-refractivity contribution in [2.24, 2.45) is 0 Å². The van der Waals surface area contributed by atoms with Crippen molar-refractivity contribution < 1.29 is 14.3 Å². The van der Waals surface area contributed by atoms with Crippen molar-refractivity contribution in [2.75, 3.05) is 6.61 Å². The topological polar surface area (TPSA) is 38.8 Å². The van der Waals surface area contributed by atoms with Crippen LogP contribution in [0, 0.1) is 0 Å². The molecule has 4 rings (SSSR count). The summed E-state index contributed by atoms with van der Waals surface area (Å²) in [6, 6.07) is 18.4. The van der Waals surface area contributed by atoms with Gasteiger partial charge in [-0.25, -0.2) is 4.79 Å². The number of amides is 1. The number of rotatable bonds is 5. The van der Waals surface area contributed by atoms with E-state index in [2.05, 4.69) is 18.2 Å². The second-order valence-corrected chi connectivity index (χ2v) is 7.10. The van der Waals surface area contributed by atoms with Gasteiger partial charge in [0.25, 0.3) is 0 Å². The molecule has 0 saturated carbocycles. The Bertz CT molecular complexity index is 831. The molecule has 2 aromatic rings.